The second-order valence-electron chi connectivity index (χ2n) is 8.36. The lowest BCUT2D eigenvalue weighted by Crippen LogP contribution is -2.32. The lowest BCUT2D eigenvalue weighted by molar-refractivity contribution is -0.00882. The zero-order valence-corrected chi connectivity index (χ0v) is 16.4. The number of hydrogen-bond acceptors (Lipinski definition) is 1. The van der Waals surface area contributed by atoms with Crippen molar-refractivity contribution in [3.05, 3.63) is 0 Å². The van der Waals surface area contributed by atoms with E-state index in [1.807, 2.05) is 0 Å². The van der Waals surface area contributed by atoms with Crippen LogP contribution >= 0.6 is 0 Å². The first-order valence-corrected chi connectivity index (χ1v) is 10.8. The maximum atomic E-state index is 10.7. The molecule has 138 valence electrons. The third kappa shape index (κ3) is 9.75. The van der Waals surface area contributed by atoms with Gasteiger partial charge in [0.25, 0.3) is 0 Å². The largest absolute Gasteiger partial charge is 0.390 e. The first-order valence-electron chi connectivity index (χ1n) is 10.8. The summed E-state index contributed by atoms with van der Waals surface area (Å²) < 4.78 is 0. The number of hydrogen-bond donors (Lipinski definition) is 1. The summed E-state index contributed by atoms with van der Waals surface area (Å²) in [7, 11) is 0. The zero-order chi connectivity index (χ0) is 17.0. The van der Waals surface area contributed by atoms with Gasteiger partial charge >= 0.3 is 0 Å². The Bertz CT molecular complexity index is 271. The van der Waals surface area contributed by atoms with E-state index in [1.54, 1.807) is 0 Å². The van der Waals surface area contributed by atoms with Gasteiger partial charge in [-0.15, -0.1) is 0 Å². The van der Waals surface area contributed by atoms with Gasteiger partial charge in [-0.05, 0) is 37.5 Å². The molecule has 0 aromatic heterocycles. The van der Waals surface area contributed by atoms with Crippen LogP contribution in [0.25, 0.3) is 0 Å². The molecule has 1 nitrogen and oxygen atoms in total. The zero-order valence-electron chi connectivity index (χ0n) is 16.4. The number of aliphatic hydroxyl groups is 1. The fourth-order valence-electron chi connectivity index (χ4n) is 4.08. The molecule has 23 heavy (non-hydrogen) atoms. The van der Waals surface area contributed by atoms with Crippen LogP contribution in [0.3, 0.4) is 0 Å². The highest BCUT2D eigenvalue weighted by atomic mass is 16.3. The Labute approximate surface area is 146 Å². The molecule has 2 atom stereocenters. The molecule has 1 fully saturated rings. The summed E-state index contributed by atoms with van der Waals surface area (Å²) in [5, 5.41) is 10.7. The molecule has 1 N–H and O–H groups in total. The SMILES string of the molecule is CCCCCCCCCCCCCC(C)CC(O)(CC)C1CC1. The minimum atomic E-state index is -0.336. The summed E-state index contributed by atoms with van der Waals surface area (Å²) in [4.78, 5) is 0. The van der Waals surface area contributed by atoms with Gasteiger partial charge in [0.15, 0.2) is 0 Å². The highest BCUT2D eigenvalue weighted by Crippen LogP contribution is 2.45. The minimum absolute atomic E-state index is 0.336. The van der Waals surface area contributed by atoms with E-state index >= 15 is 0 Å². The topological polar surface area (TPSA) is 20.2 Å². The van der Waals surface area contributed by atoms with Crippen LogP contribution in [0.1, 0.15) is 124 Å². The van der Waals surface area contributed by atoms with Crippen molar-refractivity contribution in [3.8, 4) is 0 Å². The van der Waals surface area contributed by atoms with Crippen molar-refractivity contribution in [3.63, 3.8) is 0 Å². The van der Waals surface area contributed by atoms with Crippen molar-refractivity contribution in [2.24, 2.45) is 11.8 Å². The molecule has 0 bridgehead atoms. The highest BCUT2D eigenvalue weighted by Gasteiger charge is 2.42. The summed E-state index contributed by atoms with van der Waals surface area (Å²) in [6.07, 6.45) is 21.4. The second kappa shape index (κ2) is 12.3. The molecule has 0 amide bonds. The Morgan fingerprint density at radius 3 is 1.74 bits per heavy atom. The summed E-state index contributed by atoms with van der Waals surface area (Å²) in [5.74, 6) is 1.31. The van der Waals surface area contributed by atoms with E-state index in [0.29, 0.717) is 11.8 Å². The van der Waals surface area contributed by atoms with Crippen molar-refractivity contribution >= 4 is 0 Å². The van der Waals surface area contributed by atoms with E-state index in [9.17, 15) is 5.11 Å². The van der Waals surface area contributed by atoms with Crippen LogP contribution < -0.4 is 0 Å². The van der Waals surface area contributed by atoms with Gasteiger partial charge in [-0.25, -0.2) is 0 Å². The summed E-state index contributed by atoms with van der Waals surface area (Å²) in [6.45, 7) is 6.79. The van der Waals surface area contributed by atoms with E-state index in [1.165, 1.54) is 89.9 Å². The Hall–Kier alpha value is -0.0400. The monoisotopic (exact) mass is 324 g/mol. The Morgan fingerprint density at radius 1 is 0.826 bits per heavy atom. The maximum Gasteiger partial charge on any atom is 0.0675 e. The standard InChI is InChI=1S/C22H44O/c1-4-6-7-8-9-10-11-12-13-14-15-16-20(3)19-22(23,5-2)21-17-18-21/h20-21,23H,4-19H2,1-3H3. The highest BCUT2D eigenvalue weighted by molar-refractivity contribution is 4.94. The maximum absolute atomic E-state index is 10.7. The molecule has 0 aromatic rings. The molecule has 0 heterocycles. The van der Waals surface area contributed by atoms with Gasteiger partial charge in [0.2, 0.25) is 0 Å². The Morgan fingerprint density at radius 2 is 1.30 bits per heavy atom. The molecule has 2 unspecified atom stereocenters. The first kappa shape index (κ1) is 21.0. The molecule has 1 aliphatic carbocycles. The summed E-state index contributed by atoms with van der Waals surface area (Å²) in [6, 6.07) is 0. The number of rotatable bonds is 16. The van der Waals surface area contributed by atoms with Gasteiger partial charge in [-0.2, -0.15) is 0 Å². The molecular formula is C22H44O. The van der Waals surface area contributed by atoms with Crippen molar-refractivity contribution < 1.29 is 5.11 Å². The minimum Gasteiger partial charge on any atom is -0.390 e. The van der Waals surface area contributed by atoms with Crippen molar-refractivity contribution in [2.75, 3.05) is 0 Å². The third-order valence-electron chi connectivity index (χ3n) is 5.95. The van der Waals surface area contributed by atoms with Crippen molar-refractivity contribution in [1.29, 1.82) is 0 Å². The van der Waals surface area contributed by atoms with E-state index in [0.717, 1.165) is 12.8 Å². The quantitative estimate of drug-likeness (QED) is 0.296. The van der Waals surface area contributed by atoms with Gasteiger partial charge in [-0.1, -0.05) is 97.8 Å². The molecule has 1 saturated carbocycles. The van der Waals surface area contributed by atoms with Crippen LogP contribution in [-0.2, 0) is 0 Å². The number of unbranched alkanes of at least 4 members (excludes halogenated alkanes) is 10. The fourth-order valence-corrected chi connectivity index (χ4v) is 4.08. The first-order chi connectivity index (χ1) is 11.1. The van der Waals surface area contributed by atoms with Gasteiger partial charge in [0.1, 0.15) is 0 Å². The van der Waals surface area contributed by atoms with Crippen LogP contribution in [-0.4, -0.2) is 10.7 Å². The van der Waals surface area contributed by atoms with E-state index in [2.05, 4.69) is 20.8 Å². The second-order valence-corrected chi connectivity index (χ2v) is 8.36. The van der Waals surface area contributed by atoms with Crippen LogP contribution in [0.4, 0.5) is 0 Å². The van der Waals surface area contributed by atoms with Crippen LogP contribution in [0.5, 0.6) is 0 Å². The summed E-state index contributed by atoms with van der Waals surface area (Å²) in [5.41, 5.74) is -0.336. The third-order valence-corrected chi connectivity index (χ3v) is 5.95. The molecule has 0 radical (unpaired) electrons. The molecule has 1 heteroatoms. The predicted molar refractivity (Wildman–Crippen MR) is 103 cm³/mol. The van der Waals surface area contributed by atoms with Crippen LogP contribution in [0, 0.1) is 11.8 Å². The lowest BCUT2D eigenvalue weighted by Gasteiger charge is -2.30. The van der Waals surface area contributed by atoms with Crippen LogP contribution in [0.15, 0.2) is 0 Å². The van der Waals surface area contributed by atoms with E-state index in [-0.39, 0.29) is 5.60 Å². The molecule has 0 spiro atoms. The predicted octanol–water partition coefficient (Wildman–Crippen LogP) is 7.26. The van der Waals surface area contributed by atoms with Crippen molar-refractivity contribution in [2.45, 2.75) is 129 Å². The van der Waals surface area contributed by atoms with Gasteiger partial charge in [-0.3, -0.25) is 0 Å². The average molecular weight is 325 g/mol. The smallest absolute Gasteiger partial charge is 0.0675 e. The molecule has 0 aromatic carbocycles. The van der Waals surface area contributed by atoms with Gasteiger partial charge < -0.3 is 5.11 Å². The normalized spacial score (nSPS) is 18.8. The Kier molecular flexibility index (Phi) is 11.3. The molecular weight excluding hydrogens is 280 g/mol. The molecule has 1 rings (SSSR count). The fraction of sp³-hybridized carbons (Fsp3) is 1.00. The Balaban J connectivity index is 1.88. The molecule has 0 saturated heterocycles. The molecule has 0 aliphatic heterocycles. The average Bonchev–Trinajstić information content (AvgIpc) is 3.37. The van der Waals surface area contributed by atoms with Crippen LogP contribution in [0.2, 0.25) is 0 Å². The molecule has 1 aliphatic rings. The van der Waals surface area contributed by atoms with Gasteiger partial charge in [0, 0.05) is 0 Å². The lowest BCUT2D eigenvalue weighted by atomic mass is 9.83. The summed E-state index contributed by atoms with van der Waals surface area (Å²) >= 11 is 0. The van der Waals surface area contributed by atoms with E-state index in [4.69, 9.17) is 0 Å². The van der Waals surface area contributed by atoms with E-state index < -0.39 is 0 Å². The van der Waals surface area contributed by atoms with Crippen molar-refractivity contribution in [1.82, 2.24) is 0 Å². The van der Waals surface area contributed by atoms with Gasteiger partial charge in [0.05, 0.1) is 5.60 Å².